The Hall–Kier alpha value is -0.160. The van der Waals surface area contributed by atoms with Crippen molar-refractivity contribution in [1.82, 2.24) is 4.90 Å². The highest BCUT2D eigenvalue weighted by Crippen LogP contribution is 1.89. The second-order valence-electron chi connectivity index (χ2n) is 2.78. The molecule has 74 valence electrons. The molecule has 0 fully saturated rings. The standard InChI is InChI=1S/C8H19NO3/c1-4-11-5-6-12-8(10)7-9(2)3/h8,10H,4-7H2,1-3H3. The Morgan fingerprint density at radius 3 is 2.50 bits per heavy atom. The second kappa shape index (κ2) is 7.49. The van der Waals surface area contributed by atoms with Crippen LogP contribution in [-0.4, -0.2) is 56.8 Å². The monoisotopic (exact) mass is 177 g/mol. The molecule has 0 aromatic rings. The van der Waals surface area contributed by atoms with Crippen LogP contribution in [0.2, 0.25) is 0 Å². The van der Waals surface area contributed by atoms with E-state index in [0.29, 0.717) is 26.4 Å². The van der Waals surface area contributed by atoms with Crippen LogP contribution in [0.4, 0.5) is 0 Å². The summed E-state index contributed by atoms with van der Waals surface area (Å²) in [5, 5.41) is 9.20. The summed E-state index contributed by atoms with van der Waals surface area (Å²) in [4.78, 5) is 1.87. The molecule has 0 bridgehead atoms. The highest BCUT2D eigenvalue weighted by Gasteiger charge is 2.03. The Balaban J connectivity index is 3.14. The molecule has 1 atom stereocenters. The minimum absolute atomic E-state index is 0.447. The first-order valence-electron chi connectivity index (χ1n) is 4.19. The minimum atomic E-state index is -0.708. The van der Waals surface area contributed by atoms with Crippen molar-refractivity contribution in [3.05, 3.63) is 0 Å². The summed E-state index contributed by atoms with van der Waals surface area (Å²) in [7, 11) is 3.77. The molecule has 4 nitrogen and oxygen atoms in total. The molecule has 0 aliphatic carbocycles. The zero-order chi connectivity index (χ0) is 9.40. The lowest BCUT2D eigenvalue weighted by molar-refractivity contribution is -0.119. The lowest BCUT2D eigenvalue weighted by Gasteiger charge is -2.16. The van der Waals surface area contributed by atoms with Crippen molar-refractivity contribution < 1.29 is 14.6 Å². The molecule has 1 N–H and O–H groups in total. The fourth-order valence-electron chi connectivity index (χ4n) is 0.752. The van der Waals surface area contributed by atoms with Gasteiger partial charge in [-0.15, -0.1) is 0 Å². The third-order valence-corrected chi connectivity index (χ3v) is 1.26. The average molecular weight is 177 g/mol. The number of hydrogen-bond acceptors (Lipinski definition) is 4. The van der Waals surface area contributed by atoms with Gasteiger partial charge in [-0.2, -0.15) is 0 Å². The quantitative estimate of drug-likeness (QED) is 0.436. The number of rotatable bonds is 7. The van der Waals surface area contributed by atoms with E-state index in [9.17, 15) is 5.11 Å². The summed E-state index contributed by atoms with van der Waals surface area (Å²) in [5.41, 5.74) is 0. The molecule has 0 aromatic heterocycles. The van der Waals surface area contributed by atoms with E-state index in [-0.39, 0.29) is 0 Å². The summed E-state index contributed by atoms with van der Waals surface area (Å²) in [6.07, 6.45) is -0.708. The van der Waals surface area contributed by atoms with E-state index in [1.807, 2.05) is 25.9 Å². The van der Waals surface area contributed by atoms with Crippen LogP contribution in [0.5, 0.6) is 0 Å². The summed E-state index contributed by atoms with van der Waals surface area (Å²) in [6.45, 7) is 4.12. The van der Waals surface area contributed by atoms with Crippen LogP contribution >= 0.6 is 0 Å². The molecule has 0 rings (SSSR count). The summed E-state index contributed by atoms with van der Waals surface area (Å²) in [6, 6.07) is 0. The Kier molecular flexibility index (Phi) is 7.39. The lowest BCUT2D eigenvalue weighted by Crippen LogP contribution is -2.29. The van der Waals surface area contributed by atoms with Crippen molar-refractivity contribution in [2.75, 3.05) is 40.5 Å². The van der Waals surface area contributed by atoms with Gasteiger partial charge in [0.05, 0.1) is 13.2 Å². The number of aliphatic hydroxyl groups excluding tert-OH is 1. The van der Waals surface area contributed by atoms with Crippen LogP contribution in [-0.2, 0) is 9.47 Å². The van der Waals surface area contributed by atoms with Gasteiger partial charge in [0.2, 0.25) is 0 Å². The average Bonchev–Trinajstić information content (AvgIpc) is 1.97. The first kappa shape index (κ1) is 11.8. The molecule has 4 heteroatoms. The zero-order valence-corrected chi connectivity index (χ0v) is 8.12. The smallest absolute Gasteiger partial charge is 0.167 e. The van der Waals surface area contributed by atoms with Gasteiger partial charge in [0.25, 0.3) is 0 Å². The Labute approximate surface area is 74.1 Å². The van der Waals surface area contributed by atoms with Gasteiger partial charge in [0, 0.05) is 13.2 Å². The van der Waals surface area contributed by atoms with E-state index in [1.54, 1.807) is 0 Å². The number of likely N-dealkylation sites (N-methyl/N-ethyl adjacent to an activating group) is 1. The van der Waals surface area contributed by atoms with Crippen LogP contribution in [0.1, 0.15) is 6.92 Å². The number of nitrogens with zero attached hydrogens (tertiary/aromatic N) is 1. The topological polar surface area (TPSA) is 41.9 Å². The van der Waals surface area contributed by atoms with Crippen LogP contribution in [0.15, 0.2) is 0 Å². The normalized spacial score (nSPS) is 13.8. The molecule has 0 saturated carbocycles. The Morgan fingerprint density at radius 1 is 1.33 bits per heavy atom. The molecule has 0 aliphatic rings. The molecule has 12 heavy (non-hydrogen) atoms. The SMILES string of the molecule is CCOCCOC(O)CN(C)C. The van der Waals surface area contributed by atoms with Gasteiger partial charge in [0.15, 0.2) is 6.29 Å². The second-order valence-corrected chi connectivity index (χ2v) is 2.78. The van der Waals surface area contributed by atoms with Gasteiger partial charge < -0.3 is 19.5 Å². The molecule has 0 aromatic carbocycles. The van der Waals surface area contributed by atoms with Crippen molar-refractivity contribution in [2.24, 2.45) is 0 Å². The lowest BCUT2D eigenvalue weighted by atomic mass is 10.6. The van der Waals surface area contributed by atoms with Crippen LogP contribution in [0.3, 0.4) is 0 Å². The largest absolute Gasteiger partial charge is 0.379 e. The molecule has 0 amide bonds. The summed E-state index contributed by atoms with van der Waals surface area (Å²) in [5.74, 6) is 0. The fourth-order valence-corrected chi connectivity index (χ4v) is 0.752. The highest BCUT2D eigenvalue weighted by molar-refractivity contribution is 4.45. The molecule has 0 saturated heterocycles. The highest BCUT2D eigenvalue weighted by atomic mass is 16.6. The van der Waals surface area contributed by atoms with Gasteiger partial charge in [0.1, 0.15) is 0 Å². The molecular formula is C8H19NO3. The van der Waals surface area contributed by atoms with E-state index in [4.69, 9.17) is 9.47 Å². The minimum Gasteiger partial charge on any atom is -0.379 e. The summed E-state index contributed by atoms with van der Waals surface area (Å²) < 4.78 is 10.1. The van der Waals surface area contributed by atoms with Crippen LogP contribution in [0, 0.1) is 0 Å². The Bertz CT molecular complexity index is 98.3. The predicted octanol–water partition coefficient (Wildman–Crippen LogP) is -0.0805. The van der Waals surface area contributed by atoms with Gasteiger partial charge in [-0.3, -0.25) is 0 Å². The van der Waals surface area contributed by atoms with E-state index in [0.717, 1.165) is 0 Å². The molecule has 1 unspecified atom stereocenters. The number of hydrogen-bond donors (Lipinski definition) is 1. The van der Waals surface area contributed by atoms with E-state index in [2.05, 4.69) is 0 Å². The number of aliphatic hydroxyl groups is 1. The van der Waals surface area contributed by atoms with Crippen LogP contribution < -0.4 is 0 Å². The van der Waals surface area contributed by atoms with Crippen molar-refractivity contribution in [1.29, 1.82) is 0 Å². The van der Waals surface area contributed by atoms with Crippen LogP contribution in [0.25, 0.3) is 0 Å². The van der Waals surface area contributed by atoms with Gasteiger partial charge in [-0.1, -0.05) is 0 Å². The van der Waals surface area contributed by atoms with Crippen molar-refractivity contribution in [3.63, 3.8) is 0 Å². The van der Waals surface area contributed by atoms with Crippen molar-refractivity contribution in [2.45, 2.75) is 13.2 Å². The fraction of sp³-hybridized carbons (Fsp3) is 1.00. The molecule has 0 aliphatic heterocycles. The molecule has 0 radical (unpaired) electrons. The van der Waals surface area contributed by atoms with E-state index >= 15 is 0 Å². The molecule has 0 heterocycles. The molecule has 0 spiro atoms. The van der Waals surface area contributed by atoms with Crippen molar-refractivity contribution >= 4 is 0 Å². The van der Waals surface area contributed by atoms with Gasteiger partial charge in [-0.05, 0) is 21.0 Å². The van der Waals surface area contributed by atoms with Gasteiger partial charge >= 0.3 is 0 Å². The maximum Gasteiger partial charge on any atom is 0.167 e. The maximum atomic E-state index is 9.20. The number of ether oxygens (including phenoxy) is 2. The molecular weight excluding hydrogens is 158 g/mol. The predicted molar refractivity (Wildman–Crippen MR) is 47.0 cm³/mol. The maximum absolute atomic E-state index is 9.20. The third-order valence-electron chi connectivity index (χ3n) is 1.26. The summed E-state index contributed by atoms with van der Waals surface area (Å²) >= 11 is 0. The third kappa shape index (κ3) is 7.94. The first-order chi connectivity index (χ1) is 5.66. The first-order valence-corrected chi connectivity index (χ1v) is 4.19. The zero-order valence-electron chi connectivity index (χ0n) is 8.12. The van der Waals surface area contributed by atoms with E-state index in [1.165, 1.54) is 0 Å². The van der Waals surface area contributed by atoms with Gasteiger partial charge in [-0.25, -0.2) is 0 Å². The Morgan fingerprint density at radius 2 is 2.00 bits per heavy atom. The van der Waals surface area contributed by atoms with E-state index < -0.39 is 6.29 Å². The van der Waals surface area contributed by atoms with Crippen molar-refractivity contribution in [3.8, 4) is 0 Å².